The number of aryl methyl sites for hydroxylation is 1. The number of carbonyl (C=O) groups is 1. The molecule has 1 aromatic carbocycles. The highest BCUT2D eigenvalue weighted by Gasteiger charge is 2.02. The van der Waals surface area contributed by atoms with Crippen molar-refractivity contribution in [2.24, 2.45) is 0 Å². The Labute approximate surface area is 124 Å². The van der Waals surface area contributed by atoms with E-state index >= 15 is 0 Å². The lowest BCUT2D eigenvalue weighted by molar-refractivity contribution is -0.121. The first-order chi connectivity index (χ1) is 10.2. The van der Waals surface area contributed by atoms with Gasteiger partial charge < -0.3 is 15.0 Å². The van der Waals surface area contributed by atoms with Gasteiger partial charge in [0.1, 0.15) is 11.6 Å². The number of ether oxygens (including phenoxy) is 1. The molecular formula is C16H21N3O2. The van der Waals surface area contributed by atoms with Gasteiger partial charge in [0.15, 0.2) is 0 Å². The molecule has 2 N–H and O–H groups in total. The van der Waals surface area contributed by atoms with Crippen molar-refractivity contribution in [3.05, 3.63) is 48.0 Å². The van der Waals surface area contributed by atoms with Crippen molar-refractivity contribution in [3.63, 3.8) is 0 Å². The van der Waals surface area contributed by atoms with E-state index in [1.165, 1.54) is 5.56 Å². The lowest BCUT2D eigenvalue weighted by Crippen LogP contribution is -2.26. The van der Waals surface area contributed by atoms with Crippen LogP contribution in [0.4, 0.5) is 0 Å². The topological polar surface area (TPSA) is 67.0 Å². The number of aromatic nitrogens is 2. The van der Waals surface area contributed by atoms with Gasteiger partial charge in [-0.25, -0.2) is 4.98 Å². The minimum Gasteiger partial charge on any atom is -0.494 e. The van der Waals surface area contributed by atoms with E-state index in [9.17, 15) is 4.79 Å². The predicted molar refractivity (Wildman–Crippen MR) is 81.2 cm³/mol. The SMILES string of the molecule is Cc1cccc(OCCCC(=O)NCCc2ncc[nH]2)c1. The number of hydrogen-bond acceptors (Lipinski definition) is 3. The molecule has 0 saturated carbocycles. The van der Waals surface area contributed by atoms with E-state index in [0.29, 0.717) is 26.0 Å². The van der Waals surface area contributed by atoms with Gasteiger partial charge in [-0.15, -0.1) is 0 Å². The van der Waals surface area contributed by atoms with E-state index in [-0.39, 0.29) is 5.91 Å². The Morgan fingerprint density at radius 3 is 3.10 bits per heavy atom. The van der Waals surface area contributed by atoms with E-state index in [4.69, 9.17) is 4.74 Å². The fraction of sp³-hybridized carbons (Fsp3) is 0.375. The number of H-pyrrole nitrogens is 1. The first-order valence-electron chi connectivity index (χ1n) is 7.18. The molecule has 2 rings (SSSR count). The van der Waals surface area contributed by atoms with Crippen LogP contribution in [0.25, 0.3) is 0 Å². The number of benzene rings is 1. The molecule has 5 nitrogen and oxygen atoms in total. The minimum atomic E-state index is 0.0504. The highest BCUT2D eigenvalue weighted by molar-refractivity contribution is 5.75. The summed E-state index contributed by atoms with van der Waals surface area (Å²) < 4.78 is 5.61. The fourth-order valence-electron chi connectivity index (χ4n) is 1.97. The van der Waals surface area contributed by atoms with Crippen LogP contribution in [0.2, 0.25) is 0 Å². The fourth-order valence-corrected chi connectivity index (χ4v) is 1.97. The molecule has 1 amide bonds. The maximum atomic E-state index is 11.6. The molecule has 21 heavy (non-hydrogen) atoms. The first kappa shape index (κ1) is 15.1. The van der Waals surface area contributed by atoms with E-state index < -0.39 is 0 Å². The number of carbonyl (C=O) groups excluding carboxylic acids is 1. The summed E-state index contributed by atoms with van der Waals surface area (Å²) in [6.07, 6.45) is 5.39. The average Bonchev–Trinajstić information content (AvgIpc) is 2.97. The molecule has 0 aliphatic carbocycles. The normalized spacial score (nSPS) is 10.3. The van der Waals surface area contributed by atoms with Gasteiger partial charge in [0.05, 0.1) is 6.61 Å². The Bertz CT molecular complexity index is 552. The molecule has 0 saturated heterocycles. The Hall–Kier alpha value is -2.30. The third-order valence-corrected chi connectivity index (χ3v) is 3.05. The molecule has 0 bridgehead atoms. The molecule has 2 aromatic rings. The molecule has 112 valence electrons. The Morgan fingerprint density at radius 2 is 2.33 bits per heavy atom. The standard InChI is InChI=1S/C16H21N3O2/c1-13-4-2-5-14(12-13)21-11-3-6-16(20)19-8-7-15-17-9-10-18-15/h2,4-5,9-10,12H,3,6-8,11H2,1H3,(H,17,18)(H,19,20). The molecule has 0 spiro atoms. The summed E-state index contributed by atoms with van der Waals surface area (Å²) in [5.74, 6) is 1.79. The second-order valence-corrected chi connectivity index (χ2v) is 4.90. The van der Waals surface area contributed by atoms with E-state index in [0.717, 1.165) is 18.0 Å². The second kappa shape index (κ2) is 8.09. The van der Waals surface area contributed by atoms with Gasteiger partial charge in [-0.2, -0.15) is 0 Å². The van der Waals surface area contributed by atoms with Gasteiger partial charge in [-0.3, -0.25) is 4.79 Å². The lowest BCUT2D eigenvalue weighted by Gasteiger charge is -2.07. The van der Waals surface area contributed by atoms with Crippen molar-refractivity contribution in [2.75, 3.05) is 13.2 Å². The van der Waals surface area contributed by atoms with Crippen LogP contribution >= 0.6 is 0 Å². The van der Waals surface area contributed by atoms with Crippen molar-refractivity contribution in [1.29, 1.82) is 0 Å². The first-order valence-corrected chi connectivity index (χ1v) is 7.18. The molecular weight excluding hydrogens is 266 g/mol. The monoisotopic (exact) mass is 287 g/mol. The van der Waals surface area contributed by atoms with Crippen LogP contribution in [-0.4, -0.2) is 29.0 Å². The number of aromatic amines is 1. The Morgan fingerprint density at radius 1 is 1.43 bits per heavy atom. The maximum Gasteiger partial charge on any atom is 0.220 e. The lowest BCUT2D eigenvalue weighted by atomic mass is 10.2. The largest absolute Gasteiger partial charge is 0.494 e. The number of nitrogens with one attached hydrogen (secondary N) is 2. The summed E-state index contributed by atoms with van der Waals surface area (Å²) in [5, 5.41) is 2.87. The molecule has 0 atom stereocenters. The number of nitrogens with zero attached hydrogens (tertiary/aromatic N) is 1. The van der Waals surface area contributed by atoms with E-state index in [2.05, 4.69) is 15.3 Å². The molecule has 0 unspecified atom stereocenters. The number of amides is 1. The molecule has 1 aromatic heterocycles. The van der Waals surface area contributed by atoms with E-state index in [1.54, 1.807) is 12.4 Å². The molecule has 0 radical (unpaired) electrons. The van der Waals surface area contributed by atoms with Crippen LogP contribution in [0.15, 0.2) is 36.7 Å². The third-order valence-electron chi connectivity index (χ3n) is 3.05. The zero-order valence-electron chi connectivity index (χ0n) is 12.3. The molecule has 5 heteroatoms. The summed E-state index contributed by atoms with van der Waals surface area (Å²) in [6, 6.07) is 7.91. The Kier molecular flexibility index (Phi) is 5.82. The summed E-state index contributed by atoms with van der Waals surface area (Å²) in [5.41, 5.74) is 1.17. The molecule has 0 aliphatic heterocycles. The van der Waals surface area contributed by atoms with Crippen LogP contribution in [-0.2, 0) is 11.2 Å². The Balaban J connectivity index is 1.55. The summed E-state index contributed by atoms with van der Waals surface area (Å²) in [7, 11) is 0. The molecule has 1 heterocycles. The van der Waals surface area contributed by atoms with E-state index in [1.807, 2.05) is 31.2 Å². The smallest absolute Gasteiger partial charge is 0.220 e. The number of imidazole rings is 1. The van der Waals surface area contributed by atoms with Crippen LogP contribution in [0.1, 0.15) is 24.2 Å². The highest BCUT2D eigenvalue weighted by atomic mass is 16.5. The van der Waals surface area contributed by atoms with Crippen LogP contribution in [0.5, 0.6) is 5.75 Å². The highest BCUT2D eigenvalue weighted by Crippen LogP contribution is 2.12. The van der Waals surface area contributed by atoms with Crippen molar-refractivity contribution in [3.8, 4) is 5.75 Å². The van der Waals surface area contributed by atoms with Gasteiger partial charge in [0.2, 0.25) is 5.91 Å². The quantitative estimate of drug-likeness (QED) is 0.732. The van der Waals surface area contributed by atoms with Crippen molar-refractivity contribution >= 4 is 5.91 Å². The summed E-state index contributed by atoms with van der Waals surface area (Å²) in [6.45, 7) is 3.18. The predicted octanol–water partition coefficient (Wildman–Crippen LogP) is 2.24. The number of hydrogen-bond donors (Lipinski definition) is 2. The van der Waals surface area contributed by atoms with Crippen molar-refractivity contribution in [1.82, 2.24) is 15.3 Å². The third kappa shape index (κ3) is 5.69. The van der Waals surface area contributed by atoms with Gasteiger partial charge in [-0.1, -0.05) is 12.1 Å². The summed E-state index contributed by atoms with van der Waals surface area (Å²) in [4.78, 5) is 18.7. The average molecular weight is 287 g/mol. The summed E-state index contributed by atoms with van der Waals surface area (Å²) >= 11 is 0. The van der Waals surface area contributed by atoms with Gasteiger partial charge in [-0.05, 0) is 31.0 Å². The molecule has 0 aliphatic rings. The molecule has 0 fully saturated rings. The zero-order valence-corrected chi connectivity index (χ0v) is 12.3. The maximum absolute atomic E-state index is 11.6. The van der Waals surface area contributed by atoms with Crippen LogP contribution < -0.4 is 10.1 Å². The zero-order chi connectivity index (χ0) is 14.9. The minimum absolute atomic E-state index is 0.0504. The van der Waals surface area contributed by atoms with Crippen molar-refractivity contribution < 1.29 is 9.53 Å². The van der Waals surface area contributed by atoms with Crippen molar-refractivity contribution in [2.45, 2.75) is 26.2 Å². The van der Waals surface area contributed by atoms with Gasteiger partial charge in [0, 0.05) is 31.8 Å². The van der Waals surface area contributed by atoms with Crippen LogP contribution in [0, 0.1) is 6.92 Å². The van der Waals surface area contributed by atoms with Gasteiger partial charge >= 0.3 is 0 Å². The number of rotatable bonds is 8. The van der Waals surface area contributed by atoms with Crippen LogP contribution in [0.3, 0.4) is 0 Å². The second-order valence-electron chi connectivity index (χ2n) is 4.90. The van der Waals surface area contributed by atoms with Gasteiger partial charge in [0.25, 0.3) is 0 Å².